The Morgan fingerprint density at radius 1 is 1.33 bits per heavy atom. The number of hydrogen-bond acceptors (Lipinski definition) is 2. The molecular weight excluding hydrogens is 173 g/mol. The average Bonchev–Trinajstić information content (AvgIpc) is 1.83. The fraction of sp³-hybridized carbons (Fsp3) is 1.00. The van der Waals surface area contributed by atoms with Crippen LogP contribution in [0.3, 0.4) is 0 Å². The fourth-order valence-corrected chi connectivity index (χ4v) is 2.17. The van der Waals surface area contributed by atoms with Crippen LogP contribution in [-0.2, 0) is 10.0 Å². The van der Waals surface area contributed by atoms with Gasteiger partial charge in [0.15, 0.2) is 0 Å². The standard InChI is InChI=1S/C7H14BNO2S/c1-7(8)3-5-9(6-4-7)12(2,10)11/h3-6H2,1-2H3. The van der Waals surface area contributed by atoms with Crippen molar-refractivity contribution in [3.8, 4) is 0 Å². The van der Waals surface area contributed by atoms with E-state index in [9.17, 15) is 8.42 Å². The van der Waals surface area contributed by atoms with E-state index < -0.39 is 10.0 Å². The van der Waals surface area contributed by atoms with Crippen LogP contribution < -0.4 is 0 Å². The van der Waals surface area contributed by atoms with E-state index >= 15 is 0 Å². The molecule has 0 unspecified atom stereocenters. The van der Waals surface area contributed by atoms with Crippen molar-refractivity contribution in [2.24, 2.45) is 0 Å². The van der Waals surface area contributed by atoms with Gasteiger partial charge in [0.25, 0.3) is 0 Å². The summed E-state index contributed by atoms with van der Waals surface area (Å²) in [4.78, 5) is 0. The van der Waals surface area contributed by atoms with Crippen molar-refractivity contribution in [2.75, 3.05) is 19.3 Å². The van der Waals surface area contributed by atoms with Gasteiger partial charge >= 0.3 is 0 Å². The van der Waals surface area contributed by atoms with Crippen molar-refractivity contribution in [3.63, 3.8) is 0 Å². The third kappa shape index (κ3) is 2.49. The van der Waals surface area contributed by atoms with Gasteiger partial charge in [-0.25, -0.2) is 12.7 Å². The van der Waals surface area contributed by atoms with Crippen molar-refractivity contribution in [1.29, 1.82) is 0 Å². The van der Waals surface area contributed by atoms with Crippen LogP contribution in [0.4, 0.5) is 0 Å². The van der Waals surface area contributed by atoms with E-state index in [2.05, 4.69) is 0 Å². The molecule has 0 bridgehead atoms. The predicted molar refractivity (Wildman–Crippen MR) is 49.8 cm³/mol. The first-order chi connectivity index (χ1) is 5.31. The van der Waals surface area contributed by atoms with Crippen molar-refractivity contribution in [3.05, 3.63) is 0 Å². The van der Waals surface area contributed by atoms with E-state index in [0.29, 0.717) is 13.1 Å². The number of rotatable bonds is 1. The predicted octanol–water partition coefficient (Wildman–Crippen LogP) is 0.389. The third-order valence-corrected chi connectivity index (χ3v) is 3.64. The summed E-state index contributed by atoms with van der Waals surface area (Å²) in [6.07, 6.45) is 2.74. The lowest BCUT2D eigenvalue weighted by Gasteiger charge is -2.35. The second kappa shape index (κ2) is 3.03. The van der Waals surface area contributed by atoms with Gasteiger partial charge in [0, 0.05) is 13.1 Å². The second-order valence-corrected chi connectivity index (χ2v) is 5.80. The van der Waals surface area contributed by atoms with Gasteiger partial charge in [0.05, 0.1) is 14.1 Å². The molecule has 0 aromatic heterocycles. The smallest absolute Gasteiger partial charge is 0.211 e. The highest BCUT2D eigenvalue weighted by atomic mass is 32.2. The van der Waals surface area contributed by atoms with Gasteiger partial charge in [-0.3, -0.25) is 0 Å². The molecule has 68 valence electrons. The summed E-state index contributed by atoms with van der Waals surface area (Å²) in [5.41, 5.74) is 0. The van der Waals surface area contributed by atoms with E-state index in [4.69, 9.17) is 7.85 Å². The molecule has 0 amide bonds. The summed E-state index contributed by atoms with van der Waals surface area (Å²) in [5, 5.41) is -0.179. The highest BCUT2D eigenvalue weighted by Gasteiger charge is 2.28. The molecule has 0 aromatic rings. The molecule has 2 radical (unpaired) electrons. The minimum absolute atomic E-state index is 0.179. The van der Waals surface area contributed by atoms with Crippen LogP contribution >= 0.6 is 0 Å². The minimum atomic E-state index is -3.00. The first-order valence-corrected chi connectivity index (χ1v) is 5.90. The summed E-state index contributed by atoms with van der Waals surface area (Å²) < 4.78 is 23.7. The average molecular weight is 187 g/mol. The first-order valence-electron chi connectivity index (χ1n) is 4.05. The molecule has 1 rings (SSSR count). The van der Waals surface area contributed by atoms with E-state index in [-0.39, 0.29) is 5.31 Å². The van der Waals surface area contributed by atoms with Crippen LogP contribution in [0.15, 0.2) is 0 Å². The Morgan fingerprint density at radius 2 is 1.75 bits per heavy atom. The molecule has 0 aliphatic carbocycles. The third-order valence-electron chi connectivity index (χ3n) is 2.33. The normalized spacial score (nSPS) is 25.5. The molecule has 1 aliphatic heterocycles. The molecule has 3 nitrogen and oxygen atoms in total. The number of sulfonamides is 1. The highest BCUT2D eigenvalue weighted by molar-refractivity contribution is 7.88. The molecule has 1 heterocycles. The molecule has 0 spiro atoms. The van der Waals surface area contributed by atoms with Crippen molar-refractivity contribution in [2.45, 2.75) is 25.1 Å². The molecule has 1 saturated heterocycles. The van der Waals surface area contributed by atoms with Crippen LogP contribution in [0.2, 0.25) is 5.31 Å². The van der Waals surface area contributed by atoms with Gasteiger partial charge in [0.1, 0.15) is 0 Å². The summed E-state index contributed by atoms with van der Waals surface area (Å²) >= 11 is 0. The maximum absolute atomic E-state index is 11.1. The lowest BCUT2D eigenvalue weighted by molar-refractivity contribution is 0.301. The van der Waals surface area contributed by atoms with E-state index in [1.165, 1.54) is 10.6 Å². The Kier molecular flexibility index (Phi) is 2.54. The maximum Gasteiger partial charge on any atom is 0.211 e. The Bertz CT molecular complexity index is 251. The molecule has 0 aromatic carbocycles. The maximum atomic E-state index is 11.1. The monoisotopic (exact) mass is 187 g/mol. The SMILES string of the molecule is [B]C1(C)CCN(S(C)(=O)=O)CC1. The number of nitrogens with zero attached hydrogens (tertiary/aromatic N) is 1. The molecule has 12 heavy (non-hydrogen) atoms. The van der Waals surface area contributed by atoms with Crippen molar-refractivity contribution in [1.82, 2.24) is 4.31 Å². The van der Waals surface area contributed by atoms with Crippen LogP contribution in [0, 0.1) is 0 Å². The van der Waals surface area contributed by atoms with Crippen LogP contribution in [0.1, 0.15) is 19.8 Å². The summed E-state index contributed by atoms with van der Waals surface area (Å²) in [6.45, 7) is 3.09. The Labute approximate surface area is 75.6 Å². The summed E-state index contributed by atoms with van der Waals surface area (Å²) in [5.74, 6) is 0. The van der Waals surface area contributed by atoms with Gasteiger partial charge in [-0.05, 0) is 12.8 Å². The number of piperidine rings is 1. The first kappa shape index (κ1) is 10.1. The largest absolute Gasteiger partial charge is 0.213 e. The molecule has 0 saturated carbocycles. The highest BCUT2D eigenvalue weighted by Crippen LogP contribution is 2.34. The quantitative estimate of drug-likeness (QED) is 0.557. The zero-order valence-corrected chi connectivity index (χ0v) is 8.39. The number of hydrogen-bond donors (Lipinski definition) is 0. The summed E-state index contributed by atoms with van der Waals surface area (Å²) in [6, 6.07) is 0. The zero-order chi connectivity index (χ0) is 9.41. The van der Waals surface area contributed by atoms with Gasteiger partial charge in [-0.2, -0.15) is 0 Å². The fourth-order valence-electron chi connectivity index (χ4n) is 1.33. The topological polar surface area (TPSA) is 37.4 Å². The molecule has 1 fully saturated rings. The molecule has 1 aliphatic rings. The molecular formula is C7H14BNO2S. The Balaban J connectivity index is 2.59. The molecule has 0 N–H and O–H groups in total. The van der Waals surface area contributed by atoms with Crippen molar-refractivity contribution >= 4 is 17.9 Å². The lowest BCUT2D eigenvalue weighted by atomic mass is 9.65. The Hall–Kier alpha value is -0.0251. The Morgan fingerprint density at radius 3 is 2.08 bits per heavy atom. The second-order valence-electron chi connectivity index (χ2n) is 3.82. The van der Waals surface area contributed by atoms with Crippen molar-refractivity contribution < 1.29 is 8.42 Å². The van der Waals surface area contributed by atoms with Crippen LogP contribution in [0.5, 0.6) is 0 Å². The van der Waals surface area contributed by atoms with Gasteiger partial charge in [-0.1, -0.05) is 12.2 Å². The van der Waals surface area contributed by atoms with E-state index in [1.807, 2.05) is 6.92 Å². The van der Waals surface area contributed by atoms with E-state index in [1.54, 1.807) is 0 Å². The summed E-state index contributed by atoms with van der Waals surface area (Å²) in [7, 11) is 2.86. The van der Waals surface area contributed by atoms with Crippen LogP contribution in [-0.4, -0.2) is 39.9 Å². The zero-order valence-electron chi connectivity index (χ0n) is 7.58. The van der Waals surface area contributed by atoms with E-state index in [0.717, 1.165) is 12.8 Å². The minimum Gasteiger partial charge on any atom is -0.213 e. The molecule has 5 heteroatoms. The lowest BCUT2D eigenvalue weighted by Crippen LogP contribution is -2.39. The van der Waals surface area contributed by atoms with Crippen LogP contribution in [0.25, 0.3) is 0 Å². The van der Waals surface area contributed by atoms with Gasteiger partial charge in [0.2, 0.25) is 10.0 Å². The van der Waals surface area contributed by atoms with Gasteiger partial charge < -0.3 is 0 Å². The molecule has 0 atom stereocenters. The van der Waals surface area contributed by atoms with Gasteiger partial charge in [-0.15, -0.1) is 0 Å².